The number of carbonyl (C=O) groups is 1. The number of aromatic hydroxyl groups is 2. The highest BCUT2D eigenvalue weighted by Gasteiger charge is 2.29. The summed E-state index contributed by atoms with van der Waals surface area (Å²) in [6.07, 6.45) is 0. The maximum absolute atomic E-state index is 13.0. The summed E-state index contributed by atoms with van der Waals surface area (Å²) in [5.41, 5.74) is 6.86. The lowest BCUT2D eigenvalue weighted by Gasteiger charge is -2.20. The second-order valence-electron chi connectivity index (χ2n) is 6.81. The summed E-state index contributed by atoms with van der Waals surface area (Å²) in [7, 11) is -4.05. The molecule has 0 aliphatic rings. The van der Waals surface area contributed by atoms with Crippen LogP contribution in [0.1, 0.15) is 30.0 Å². The molecule has 0 bridgehead atoms. The summed E-state index contributed by atoms with van der Waals surface area (Å²) in [6.45, 7) is 5.63. The number of phenols is 2. The van der Waals surface area contributed by atoms with Crippen LogP contribution >= 0.6 is 0 Å². The maximum Gasteiger partial charge on any atom is 0.287 e. The van der Waals surface area contributed by atoms with Gasteiger partial charge in [-0.25, -0.2) is 8.42 Å². The SMILES string of the molecule is CCN(CC)S(=O)(=O)c1cc(-c2nnc(C(N)=O)n2-c2ccc(C)cc2)c(O)cc1O. The van der Waals surface area contributed by atoms with Gasteiger partial charge in [0.05, 0.1) is 5.56 Å². The molecule has 0 aliphatic carbocycles. The molecule has 164 valence electrons. The first kappa shape index (κ1) is 22.2. The molecule has 2 aromatic carbocycles. The van der Waals surface area contributed by atoms with Crippen molar-refractivity contribution in [3.05, 3.63) is 47.8 Å². The monoisotopic (exact) mass is 445 g/mol. The molecule has 4 N–H and O–H groups in total. The van der Waals surface area contributed by atoms with Crippen molar-refractivity contribution in [2.75, 3.05) is 13.1 Å². The van der Waals surface area contributed by atoms with Crippen LogP contribution in [-0.2, 0) is 10.0 Å². The van der Waals surface area contributed by atoms with Gasteiger partial charge in [0.1, 0.15) is 16.4 Å². The molecule has 0 saturated heterocycles. The number of carbonyl (C=O) groups excluding carboxylic acids is 1. The Kier molecular flexibility index (Phi) is 6.00. The number of hydrogen-bond donors (Lipinski definition) is 3. The molecule has 0 saturated carbocycles. The summed E-state index contributed by atoms with van der Waals surface area (Å²) in [4.78, 5) is 11.5. The Morgan fingerprint density at radius 1 is 1.06 bits per heavy atom. The second kappa shape index (κ2) is 8.36. The van der Waals surface area contributed by atoms with E-state index in [1.54, 1.807) is 38.1 Å². The Labute approximate surface area is 179 Å². The van der Waals surface area contributed by atoms with Gasteiger partial charge in [0, 0.05) is 24.8 Å². The van der Waals surface area contributed by atoms with Crippen LogP contribution in [0.5, 0.6) is 11.5 Å². The van der Waals surface area contributed by atoms with Crippen molar-refractivity contribution in [2.45, 2.75) is 25.7 Å². The summed E-state index contributed by atoms with van der Waals surface area (Å²) < 4.78 is 28.5. The van der Waals surface area contributed by atoms with Crippen LogP contribution in [0, 0.1) is 6.92 Å². The standard InChI is InChI=1S/C20H23N5O5S/c1-4-24(5-2)31(29,30)17-10-14(15(26)11-16(17)27)19-22-23-20(18(21)28)25(19)13-8-6-12(3)7-9-13/h6-11,26-27H,4-5H2,1-3H3,(H2,21,28). The highest BCUT2D eigenvalue weighted by Crippen LogP contribution is 2.38. The molecule has 1 heterocycles. The third-order valence-corrected chi connectivity index (χ3v) is 6.90. The molecule has 0 spiro atoms. The number of phenolic OH excluding ortho intramolecular Hbond substituents is 2. The van der Waals surface area contributed by atoms with E-state index in [4.69, 9.17) is 5.73 Å². The van der Waals surface area contributed by atoms with Gasteiger partial charge >= 0.3 is 0 Å². The lowest BCUT2D eigenvalue weighted by molar-refractivity contribution is 0.0988. The summed E-state index contributed by atoms with van der Waals surface area (Å²) in [6, 6.07) is 9.05. The fourth-order valence-electron chi connectivity index (χ4n) is 3.20. The zero-order chi connectivity index (χ0) is 22.9. The van der Waals surface area contributed by atoms with Crippen molar-refractivity contribution in [1.29, 1.82) is 0 Å². The van der Waals surface area contributed by atoms with Gasteiger partial charge in [-0.15, -0.1) is 10.2 Å². The molecule has 0 aliphatic heterocycles. The van der Waals surface area contributed by atoms with E-state index in [2.05, 4.69) is 10.2 Å². The van der Waals surface area contributed by atoms with E-state index in [9.17, 15) is 23.4 Å². The molecule has 3 rings (SSSR count). The number of benzene rings is 2. The van der Waals surface area contributed by atoms with E-state index in [1.165, 1.54) is 8.87 Å². The number of sulfonamides is 1. The predicted octanol–water partition coefficient (Wildman–Crippen LogP) is 1.78. The van der Waals surface area contributed by atoms with Crippen molar-refractivity contribution in [3.63, 3.8) is 0 Å². The minimum Gasteiger partial charge on any atom is -0.507 e. The summed E-state index contributed by atoms with van der Waals surface area (Å²) in [5, 5.41) is 28.5. The number of aromatic nitrogens is 3. The molecule has 11 heteroatoms. The second-order valence-corrected chi connectivity index (χ2v) is 8.72. The minimum absolute atomic E-state index is 0.00819. The molecular weight excluding hydrogens is 422 g/mol. The van der Waals surface area contributed by atoms with Gasteiger partial charge in [-0.1, -0.05) is 31.5 Å². The molecule has 0 radical (unpaired) electrons. The lowest BCUT2D eigenvalue weighted by Crippen LogP contribution is -2.30. The molecular formula is C20H23N5O5S. The predicted molar refractivity (Wildman–Crippen MR) is 113 cm³/mol. The lowest BCUT2D eigenvalue weighted by atomic mass is 10.1. The van der Waals surface area contributed by atoms with Crippen LogP contribution in [-0.4, -0.2) is 56.7 Å². The topological polar surface area (TPSA) is 152 Å². The van der Waals surface area contributed by atoms with E-state index in [0.717, 1.165) is 17.7 Å². The fourth-order valence-corrected chi connectivity index (χ4v) is 4.75. The number of primary amides is 1. The van der Waals surface area contributed by atoms with Gasteiger partial charge in [-0.05, 0) is 25.1 Å². The Balaban J connectivity index is 2.29. The summed E-state index contributed by atoms with van der Waals surface area (Å²) in [5.74, 6) is -2.10. The molecule has 0 unspecified atom stereocenters. The van der Waals surface area contributed by atoms with E-state index in [0.29, 0.717) is 5.69 Å². The van der Waals surface area contributed by atoms with Gasteiger partial charge in [0.2, 0.25) is 15.8 Å². The number of hydrogen-bond acceptors (Lipinski definition) is 7. The van der Waals surface area contributed by atoms with Gasteiger partial charge < -0.3 is 15.9 Å². The zero-order valence-electron chi connectivity index (χ0n) is 17.3. The number of aryl methyl sites for hydroxylation is 1. The highest BCUT2D eigenvalue weighted by molar-refractivity contribution is 7.89. The Morgan fingerprint density at radius 3 is 2.23 bits per heavy atom. The number of nitrogens with two attached hydrogens (primary N) is 1. The first-order chi connectivity index (χ1) is 14.6. The van der Waals surface area contributed by atoms with Gasteiger partial charge in [-0.3, -0.25) is 9.36 Å². The van der Waals surface area contributed by atoms with E-state index in [-0.39, 0.29) is 30.3 Å². The third-order valence-electron chi connectivity index (χ3n) is 4.82. The van der Waals surface area contributed by atoms with Crippen LogP contribution in [0.15, 0.2) is 41.3 Å². The first-order valence-electron chi connectivity index (χ1n) is 9.50. The third kappa shape index (κ3) is 3.97. The van der Waals surface area contributed by atoms with E-state index >= 15 is 0 Å². The fraction of sp³-hybridized carbons (Fsp3) is 0.250. The minimum atomic E-state index is -4.05. The van der Waals surface area contributed by atoms with Crippen LogP contribution < -0.4 is 5.73 Å². The molecule has 1 amide bonds. The smallest absolute Gasteiger partial charge is 0.287 e. The largest absolute Gasteiger partial charge is 0.507 e. The van der Waals surface area contributed by atoms with Gasteiger partial charge in [0.15, 0.2) is 5.82 Å². The molecule has 0 fully saturated rings. The number of amides is 1. The van der Waals surface area contributed by atoms with E-state index < -0.39 is 32.3 Å². The average Bonchev–Trinajstić information content (AvgIpc) is 3.14. The molecule has 3 aromatic rings. The Hall–Kier alpha value is -3.44. The first-order valence-corrected chi connectivity index (χ1v) is 10.9. The normalized spacial score (nSPS) is 11.7. The molecule has 1 aromatic heterocycles. The van der Waals surface area contributed by atoms with Crippen LogP contribution in [0.25, 0.3) is 17.1 Å². The van der Waals surface area contributed by atoms with Gasteiger partial charge in [-0.2, -0.15) is 4.31 Å². The van der Waals surface area contributed by atoms with Crippen LogP contribution in [0.3, 0.4) is 0 Å². The van der Waals surface area contributed by atoms with Crippen molar-refractivity contribution in [3.8, 4) is 28.6 Å². The van der Waals surface area contributed by atoms with Crippen molar-refractivity contribution in [2.24, 2.45) is 5.73 Å². The van der Waals surface area contributed by atoms with Crippen molar-refractivity contribution < 1.29 is 23.4 Å². The Bertz CT molecular complexity index is 1230. The quantitative estimate of drug-likeness (QED) is 0.501. The number of nitrogens with zero attached hydrogens (tertiary/aromatic N) is 4. The van der Waals surface area contributed by atoms with E-state index in [1.807, 2.05) is 6.92 Å². The Morgan fingerprint density at radius 2 is 1.68 bits per heavy atom. The van der Waals surface area contributed by atoms with Crippen LogP contribution in [0.2, 0.25) is 0 Å². The zero-order valence-corrected chi connectivity index (χ0v) is 18.1. The van der Waals surface area contributed by atoms with Gasteiger partial charge in [0.25, 0.3) is 5.91 Å². The number of rotatable bonds is 7. The average molecular weight is 446 g/mol. The summed E-state index contributed by atoms with van der Waals surface area (Å²) >= 11 is 0. The van der Waals surface area contributed by atoms with Crippen LogP contribution in [0.4, 0.5) is 0 Å². The highest BCUT2D eigenvalue weighted by atomic mass is 32.2. The molecule has 31 heavy (non-hydrogen) atoms. The molecule has 10 nitrogen and oxygen atoms in total. The molecule has 0 atom stereocenters. The maximum atomic E-state index is 13.0. The van der Waals surface area contributed by atoms with Crippen molar-refractivity contribution >= 4 is 15.9 Å². The van der Waals surface area contributed by atoms with Crippen molar-refractivity contribution in [1.82, 2.24) is 19.1 Å².